The Hall–Kier alpha value is -2.42. The third kappa shape index (κ3) is 8.32. The predicted molar refractivity (Wildman–Crippen MR) is 128 cm³/mol. The first kappa shape index (κ1) is 24.8. The van der Waals surface area contributed by atoms with Gasteiger partial charge in [-0.3, -0.25) is 9.59 Å². The van der Waals surface area contributed by atoms with Crippen molar-refractivity contribution < 1.29 is 14.3 Å². The molecule has 0 N–H and O–H groups in total. The SMILES string of the molecule is CCCCCCOc1ccc(C(=O)c2ccc(C(=O)C(C)CCCCCC)cc2)cc1. The van der Waals surface area contributed by atoms with Crippen LogP contribution in [-0.4, -0.2) is 18.2 Å². The fourth-order valence-corrected chi connectivity index (χ4v) is 3.67. The van der Waals surface area contributed by atoms with Gasteiger partial charge in [0.1, 0.15) is 5.75 Å². The molecule has 0 spiro atoms. The van der Waals surface area contributed by atoms with E-state index in [1.165, 1.54) is 38.5 Å². The van der Waals surface area contributed by atoms with Gasteiger partial charge in [-0.05, 0) is 37.1 Å². The van der Waals surface area contributed by atoms with Gasteiger partial charge in [0, 0.05) is 22.6 Å². The molecule has 0 saturated carbocycles. The molecule has 1 unspecified atom stereocenters. The number of rotatable bonds is 15. The van der Waals surface area contributed by atoms with Crippen LogP contribution in [0.4, 0.5) is 0 Å². The van der Waals surface area contributed by atoms with Gasteiger partial charge >= 0.3 is 0 Å². The minimum Gasteiger partial charge on any atom is -0.494 e. The van der Waals surface area contributed by atoms with Gasteiger partial charge in [-0.2, -0.15) is 0 Å². The highest BCUT2D eigenvalue weighted by molar-refractivity contribution is 6.09. The number of carbonyl (C=O) groups excluding carboxylic acids is 2. The van der Waals surface area contributed by atoms with Crippen LogP contribution >= 0.6 is 0 Å². The van der Waals surface area contributed by atoms with E-state index in [4.69, 9.17) is 4.74 Å². The summed E-state index contributed by atoms with van der Waals surface area (Å²) in [6.45, 7) is 7.09. The van der Waals surface area contributed by atoms with Crippen LogP contribution < -0.4 is 4.74 Å². The van der Waals surface area contributed by atoms with Gasteiger partial charge in [0.05, 0.1) is 6.61 Å². The Labute approximate surface area is 188 Å². The molecule has 0 bridgehead atoms. The number of benzene rings is 2. The van der Waals surface area contributed by atoms with Crippen LogP contribution in [-0.2, 0) is 0 Å². The van der Waals surface area contributed by atoms with Crippen molar-refractivity contribution >= 4 is 11.6 Å². The molecule has 2 aromatic rings. The summed E-state index contributed by atoms with van der Waals surface area (Å²) in [6.07, 6.45) is 10.3. The molecule has 0 aromatic heterocycles. The van der Waals surface area contributed by atoms with Crippen molar-refractivity contribution in [1.82, 2.24) is 0 Å². The summed E-state index contributed by atoms with van der Waals surface area (Å²) < 4.78 is 5.75. The summed E-state index contributed by atoms with van der Waals surface area (Å²) in [5.41, 5.74) is 1.91. The van der Waals surface area contributed by atoms with Gasteiger partial charge in [0.2, 0.25) is 0 Å². The summed E-state index contributed by atoms with van der Waals surface area (Å²) in [5, 5.41) is 0. The van der Waals surface area contributed by atoms with Crippen molar-refractivity contribution in [3.8, 4) is 5.75 Å². The third-order valence-corrected chi connectivity index (χ3v) is 5.75. The van der Waals surface area contributed by atoms with E-state index >= 15 is 0 Å². The largest absolute Gasteiger partial charge is 0.494 e. The Morgan fingerprint density at radius 3 is 1.81 bits per heavy atom. The van der Waals surface area contributed by atoms with Gasteiger partial charge in [-0.25, -0.2) is 0 Å². The maximum atomic E-state index is 12.8. The quantitative estimate of drug-likeness (QED) is 0.218. The zero-order chi connectivity index (χ0) is 22.5. The Bertz CT molecular complexity index is 790. The first-order chi connectivity index (χ1) is 15.1. The fourth-order valence-electron chi connectivity index (χ4n) is 3.67. The molecule has 3 heteroatoms. The molecule has 0 radical (unpaired) electrons. The normalized spacial score (nSPS) is 11.8. The second-order valence-electron chi connectivity index (χ2n) is 8.45. The van der Waals surface area contributed by atoms with Crippen LogP contribution in [0.15, 0.2) is 48.5 Å². The topological polar surface area (TPSA) is 43.4 Å². The lowest BCUT2D eigenvalue weighted by Gasteiger charge is -2.11. The molecule has 0 aliphatic heterocycles. The maximum absolute atomic E-state index is 12.8. The van der Waals surface area contributed by atoms with Gasteiger partial charge in [-0.1, -0.05) is 90.0 Å². The van der Waals surface area contributed by atoms with E-state index in [1.54, 1.807) is 36.4 Å². The number of ether oxygens (including phenoxy) is 1. The standard InChI is InChI=1S/C28H38O3/c1-4-6-8-10-12-22(3)27(29)23-13-15-24(16-14-23)28(30)25-17-19-26(20-18-25)31-21-11-9-7-5-2/h13-20,22H,4-12,21H2,1-3H3. The van der Waals surface area contributed by atoms with E-state index in [0.29, 0.717) is 23.3 Å². The molecule has 0 amide bonds. The summed E-state index contributed by atoms with van der Waals surface area (Å²) in [7, 11) is 0. The molecule has 0 aliphatic carbocycles. The predicted octanol–water partition coefficient (Wildman–Crippen LogP) is 7.67. The number of Topliss-reactive ketones (excluding diaryl/α,β-unsaturated/α-hetero) is 1. The summed E-state index contributed by atoms with van der Waals surface area (Å²) >= 11 is 0. The summed E-state index contributed by atoms with van der Waals surface area (Å²) in [6, 6.07) is 14.4. The highest BCUT2D eigenvalue weighted by Gasteiger charge is 2.16. The second-order valence-corrected chi connectivity index (χ2v) is 8.45. The van der Waals surface area contributed by atoms with Crippen LogP contribution in [0.25, 0.3) is 0 Å². The minimum atomic E-state index is -0.0406. The van der Waals surface area contributed by atoms with E-state index in [9.17, 15) is 9.59 Å². The smallest absolute Gasteiger partial charge is 0.193 e. The summed E-state index contributed by atoms with van der Waals surface area (Å²) in [5.74, 6) is 0.937. The minimum absolute atomic E-state index is 0.0212. The highest BCUT2D eigenvalue weighted by Crippen LogP contribution is 2.19. The zero-order valence-electron chi connectivity index (χ0n) is 19.5. The maximum Gasteiger partial charge on any atom is 0.193 e. The molecule has 3 nitrogen and oxygen atoms in total. The Kier molecular flexibility index (Phi) is 11.1. The van der Waals surface area contributed by atoms with Crippen LogP contribution in [0.1, 0.15) is 105 Å². The van der Waals surface area contributed by atoms with Gasteiger partial charge in [0.15, 0.2) is 11.6 Å². The lowest BCUT2D eigenvalue weighted by atomic mass is 9.92. The molecule has 0 saturated heterocycles. The van der Waals surface area contributed by atoms with Gasteiger partial charge in [-0.15, -0.1) is 0 Å². The van der Waals surface area contributed by atoms with Crippen molar-refractivity contribution in [3.05, 3.63) is 65.2 Å². The van der Waals surface area contributed by atoms with Crippen LogP contribution in [0.5, 0.6) is 5.75 Å². The monoisotopic (exact) mass is 422 g/mol. The zero-order valence-corrected chi connectivity index (χ0v) is 19.5. The molecule has 2 aromatic carbocycles. The van der Waals surface area contributed by atoms with Gasteiger partial charge < -0.3 is 4.74 Å². The van der Waals surface area contributed by atoms with E-state index in [1.807, 2.05) is 19.1 Å². The molecule has 0 aliphatic rings. The lowest BCUT2D eigenvalue weighted by molar-refractivity contribution is 0.0921. The Morgan fingerprint density at radius 2 is 1.23 bits per heavy atom. The Morgan fingerprint density at radius 1 is 0.710 bits per heavy atom. The molecule has 0 fully saturated rings. The Balaban J connectivity index is 1.89. The molecular formula is C28H38O3. The van der Waals surface area contributed by atoms with Crippen molar-refractivity contribution in [2.75, 3.05) is 6.61 Å². The average Bonchev–Trinajstić information content (AvgIpc) is 2.81. The third-order valence-electron chi connectivity index (χ3n) is 5.75. The van der Waals surface area contributed by atoms with Crippen molar-refractivity contribution in [2.45, 2.75) is 78.6 Å². The average molecular weight is 423 g/mol. The summed E-state index contributed by atoms with van der Waals surface area (Å²) in [4.78, 5) is 25.4. The number of hydrogen-bond acceptors (Lipinski definition) is 3. The number of hydrogen-bond donors (Lipinski definition) is 0. The first-order valence-corrected chi connectivity index (χ1v) is 12.0. The number of unbranched alkanes of at least 4 members (excludes halogenated alkanes) is 6. The highest BCUT2D eigenvalue weighted by atomic mass is 16.5. The van der Waals surface area contributed by atoms with Crippen molar-refractivity contribution in [2.24, 2.45) is 5.92 Å². The number of ketones is 2. The first-order valence-electron chi connectivity index (χ1n) is 12.0. The van der Waals surface area contributed by atoms with Crippen LogP contribution in [0.2, 0.25) is 0 Å². The van der Waals surface area contributed by atoms with E-state index < -0.39 is 0 Å². The molecular weight excluding hydrogens is 384 g/mol. The van der Waals surface area contributed by atoms with E-state index in [2.05, 4.69) is 13.8 Å². The fraction of sp³-hybridized carbons (Fsp3) is 0.500. The van der Waals surface area contributed by atoms with E-state index in [0.717, 1.165) is 25.0 Å². The van der Waals surface area contributed by atoms with Crippen LogP contribution in [0.3, 0.4) is 0 Å². The van der Waals surface area contributed by atoms with Gasteiger partial charge in [0.25, 0.3) is 0 Å². The molecule has 168 valence electrons. The van der Waals surface area contributed by atoms with Crippen molar-refractivity contribution in [1.29, 1.82) is 0 Å². The lowest BCUT2D eigenvalue weighted by Crippen LogP contribution is -2.12. The molecule has 2 rings (SSSR count). The molecule has 1 atom stereocenters. The van der Waals surface area contributed by atoms with E-state index in [-0.39, 0.29) is 17.5 Å². The molecule has 31 heavy (non-hydrogen) atoms. The van der Waals surface area contributed by atoms with Crippen molar-refractivity contribution in [3.63, 3.8) is 0 Å². The van der Waals surface area contributed by atoms with Crippen LogP contribution in [0, 0.1) is 5.92 Å². The second kappa shape index (κ2) is 13.8. The number of carbonyl (C=O) groups is 2. The molecule has 0 heterocycles.